The van der Waals surface area contributed by atoms with Crippen molar-refractivity contribution in [2.75, 3.05) is 26.7 Å². The van der Waals surface area contributed by atoms with Crippen LogP contribution in [0.4, 0.5) is 0 Å². The van der Waals surface area contributed by atoms with E-state index < -0.39 is 22.2 Å². The molecule has 2 aliphatic rings. The number of carbonyl (C=O) groups excluding carboxylic acids is 1. The summed E-state index contributed by atoms with van der Waals surface area (Å²) in [4.78, 5) is 19.9. The summed E-state index contributed by atoms with van der Waals surface area (Å²) in [5.74, 6) is 6.52. The van der Waals surface area contributed by atoms with E-state index in [0.717, 1.165) is 12.8 Å². The van der Waals surface area contributed by atoms with Crippen LogP contribution >= 0.6 is 0 Å². The Bertz CT molecular complexity index is 1280. The lowest BCUT2D eigenvalue weighted by Crippen LogP contribution is -2.50. The molecule has 1 aliphatic heterocycles. The SMILES string of the molecule is C[C@H](CO)N1C[C@H](C)[C@@H](CN(C)S(=O)(=O)c2ccccc2)Oc2ncc(C#CC3CCCCC3)cc2C1=O. The van der Waals surface area contributed by atoms with Crippen LogP contribution in [0, 0.1) is 23.7 Å². The number of sulfonamides is 1. The molecular formula is C29H37N3O5S. The number of hydrogen-bond donors (Lipinski definition) is 1. The zero-order chi connectivity index (χ0) is 27.3. The second-order valence-corrected chi connectivity index (χ2v) is 12.4. The van der Waals surface area contributed by atoms with E-state index in [1.807, 2.05) is 6.92 Å². The fourth-order valence-electron chi connectivity index (χ4n) is 4.94. The lowest BCUT2D eigenvalue weighted by Gasteiger charge is -2.37. The highest BCUT2D eigenvalue weighted by Gasteiger charge is 2.35. The normalized spacial score (nSPS) is 21.5. The summed E-state index contributed by atoms with van der Waals surface area (Å²) in [5, 5.41) is 9.88. The number of aliphatic hydroxyl groups excluding tert-OH is 1. The molecule has 1 aromatic heterocycles. The highest BCUT2D eigenvalue weighted by Crippen LogP contribution is 2.28. The van der Waals surface area contributed by atoms with Crippen LogP contribution in [0.5, 0.6) is 5.88 Å². The Labute approximate surface area is 226 Å². The van der Waals surface area contributed by atoms with Gasteiger partial charge in [0.15, 0.2) is 0 Å². The van der Waals surface area contributed by atoms with E-state index in [1.54, 1.807) is 54.4 Å². The first kappa shape index (κ1) is 28.1. The monoisotopic (exact) mass is 539 g/mol. The highest BCUT2D eigenvalue weighted by atomic mass is 32.2. The molecule has 8 nitrogen and oxygen atoms in total. The third-order valence-corrected chi connectivity index (χ3v) is 9.27. The molecule has 0 saturated heterocycles. The Balaban J connectivity index is 1.65. The second-order valence-electron chi connectivity index (χ2n) is 10.4. The molecule has 0 unspecified atom stereocenters. The third-order valence-electron chi connectivity index (χ3n) is 7.44. The van der Waals surface area contributed by atoms with Crippen molar-refractivity contribution in [3.8, 4) is 17.7 Å². The van der Waals surface area contributed by atoms with E-state index in [4.69, 9.17) is 4.74 Å². The van der Waals surface area contributed by atoms with Crippen LogP contribution in [-0.4, -0.2) is 72.5 Å². The van der Waals surface area contributed by atoms with Crippen molar-refractivity contribution in [2.24, 2.45) is 11.8 Å². The van der Waals surface area contributed by atoms with E-state index in [-0.39, 0.29) is 41.3 Å². The Hall–Kier alpha value is -2.93. The molecule has 3 atom stereocenters. The van der Waals surface area contributed by atoms with E-state index in [1.165, 1.54) is 30.6 Å². The predicted molar refractivity (Wildman–Crippen MR) is 145 cm³/mol. The number of carbonyl (C=O) groups is 1. The smallest absolute Gasteiger partial charge is 0.259 e. The number of ether oxygens (including phenoxy) is 1. The molecule has 4 rings (SSSR count). The fraction of sp³-hybridized carbons (Fsp3) is 0.517. The maximum absolute atomic E-state index is 13.6. The van der Waals surface area contributed by atoms with Crippen molar-refractivity contribution in [1.29, 1.82) is 0 Å². The van der Waals surface area contributed by atoms with Gasteiger partial charge < -0.3 is 14.7 Å². The van der Waals surface area contributed by atoms with Gasteiger partial charge in [-0.05, 0) is 38.0 Å². The molecule has 1 N–H and O–H groups in total. The quantitative estimate of drug-likeness (QED) is 0.564. The zero-order valence-corrected chi connectivity index (χ0v) is 23.2. The highest BCUT2D eigenvalue weighted by molar-refractivity contribution is 7.89. The molecule has 9 heteroatoms. The van der Waals surface area contributed by atoms with Crippen molar-refractivity contribution in [3.05, 3.63) is 53.7 Å². The van der Waals surface area contributed by atoms with Gasteiger partial charge in [0.25, 0.3) is 5.91 Å². The van der Waals surface area contributed by atoms with Gasteiger partial charge in [-0.3, -0.25) is 4.79 Å². The summed E-state index contributed by atoms with van der Waals surface area (Å²) >= 11 is 0. The molecule has 2 heterocycles. The summed E-state index contributed by atoms with van der Waals surface area (Å²) in [5.41, 5.74) is 0.906. The molecule has 2 aromatic rings. The molecule has 1 saturated carbocycles. The Kier molecular flexibility index (Phi) is 9.08. The van der Waals surface area contributed by atoms with E-state index in [2.05, 4.69) is 16.8 Å². The maximum Gasteiger partial charge on any atom is 0.259 e. The van der Waals surface area contributed by atoms with Gasteiger partial charge >= 0.3 is 0 Å². The van der Waals surface area contributed by atoms with Crippen molar-refractivity contribution in [2.45, 2.75) is 63.0 Å². The number of amides is 1. The minimum atomic E-state index is -3.74. The number of fused-ring (bicyclic) bond motifs is 1. The van der Waals surface area contributed by atoms with E-state index in [0.29, 0.717) is 18.0 Å². The zero-order valence-electron chi connectivity index (χ0n) is 22.3. The molecule has 38 heavy (non-hydrogen) atoms. The van der Waals surface area contributed by atoms with Crippen LogP contribution in [0.2, 0.25) is 0 Å². The number of likely N-dealkylation sites (N-methyl/N-ethyl adjacent to an activating group) is 1. The summed E-state index contributed by atoms with van der Waals surface area (Å²) in [6, 6.07) is 9.53. The number of nitrogens with zero attached hydrogens (tertiary/aromatic N) is 3. The summed E-state index contributed by atoms with van der Waals surface area (Å²) in [7, 11) is -2.21. The number of pyridine rings is 1. The van der Waals surface area contributed by atoms with Gasteiger partial charge in [-0.1, -0.05) is 56.2 Å². The van der Waals surface area contributed by atoms with Gasteiger partial charge in [0, 0.05) is 37.2 Å². The van der Waals surface area contributed by atoms with Crippen molar-refractivity contribution in [3.63, 3.8) is 0 Å². The van der Waals surface area contributed by atoms with Crippen LogP contribution in [0.25, 0.3) is 0 Å². The van der Waals surface area contributed by atoms with Crippen LogP contribution in [0.15, 0.2) is 47.5 Å². The molecule has 1 aliphatic carbocycles. The molecule has 0 spiro atoms. The van der Waals surface area contributed by atoms with Crippen LogP contribution < -0.4 is 4.74 Å². The lowest BCUT2D eigenvalue weighted by atomic mass is 9.90. The molecule has 1 amide bonds. The fourth-order valence-corrected chi connectivity index (χ4v) is 6.15. The number of hydrogen-bond acceptors (Lipinski definition) is 6. The summed E-state index contributed by atoms with van der Waals surface area (Å²) in [6.07, 6.45) is 6.85. The number of benzene rings is 1. The van der Waals surface area contributed by atoms with E-state index in [9.17, 15) is 18.3 Å². The summed E-state index contributed by atoms with van der Waals surface area (Å²) < 4.78 is 33.9. The molecule has 204 valence electrons. The van der Waals surface area contributed by atoms with Gasteiger partial charge in [-0.25, -0.2) is 13.4 Å². The first-order chi connectivity index (χ1) is 18.2. The van der Waals surface area contributed by atoms with Gasteiger partial charge in [0.2, 0.25) is 15.9 Å². The molecule has 0 bridgehead atoms. The molecular weight excluding hydrogens is 502 g/mol. The number of rotatable bonds is 6. The second kappa shape index (κ2) is 12.3. The number of aliphatic hydroxyl groups is 1. The maximum atomic E-state index is 13.6. The third kappa shape index (κ3) is 6.37. The predicted octanol–water partition coefficient (Wildman–Crippen LogP) is 3.55. The van der Waals surface area contributed by atoms with E-state index >= 15 is 0 Å². The largest absolute Gasteiger partial charge is 0.472 e. The topological polar surface area (TPSA) is 100 Å². The van der Waals surface area contributed by atoms with Crippen LogP contribution in [-0.2, 0) is 10.0 Å². The Morgan fingerprint density at radius 3 is 2.61 bits per heavy atom. The first-order valence-electron chi connectivity index (χ1n) is 13.3. The Morgan fingerprint density at radius 1 is 1.21 bits per heavy atom. The van der Waals surface area contributed by atoms with Crippen LogP contribution in [0.1, 0.15) is 61.9 Å². The molecule has 1 fully saturated rings. The lowest BCUT2D eigenvalue weighted by molar-refractivity contribution is 0.0373. The van der Waals surface area contributed by atoms with Gasteiger partial charge in [-0.15, -0.1) is 0 Å². The number of aromatic nitrogens is 1. The minimum absolute atomic E-state index is 0.0677. The van der Waals surface area contributed by atoms with Crippen molar-refractivity contribution >= 4 is 15.9 Å². The standard InChI is InChI=1S/C29H37N3O5S/c1-21-18-32(22(2)20-33)29(34)26-16-24(15-14-23-10-6-4-7-11-23)17-30-28(26)37-27(21)19-31(3)38(35,36)25-12-8-5-9-13-25/h5,8-9,12-13,16-17,21-23,27,33H,4,6-7,10-11,18-20H2,1-3H3/t21-,22+,27+/m0/s1. The van der Waals surface area contributed by atoms with Crippen molar-refractivity contribution in [1.82, 2.24) is 14.2 Å². The average Bonchev–Trinajstić information content (AvgIpc) is 2.94. The first-order valence-corrected chi connectivity index (χ1v) is 14.8. The van der Waals surface area contributed by atoms with Gasteiger partial charge in [-0.2, -0.15) is 4.31 Å². The molecule has 1 aromatic carbocycles. The van der Waals surface area contributed by atoms with Crippen molar-refractivity contribution < 1.29 is 23.1 Å². The van der Waals surface area contributed by atoms with Crippen LogP contribution in [0.3, 0.4) is 0 Å². The molecule has 0 radical (unpaired) electrons. The average molecular weight is 540 g/mol. The Morgan fingerprint density at radius 2 is 1.92 bits per heavy atom. The minimum Gasteiger partial charge on any atom is -0.472 e. The summed E-state index contributed by atoms with van der Waals surface area (Å²) in [6.45, 7) is 3.86. The van der Waals surface area contributed by atoms with Gasteiger partial charge in [0.05, 0.1) is 24.1 Å². The van der Waals surface area contributed by atoms with Gasteiger partial charge in [0.1, 0.15) is 11.7 Å².